The van der Waals surface area contributed by atoms with Gasteiger partial charge < -0.3 is 18.6 Å². The standard InChI is InChI=1S/C16H13NO5S/c1-3-20-16(19)12-13(18)11-8(2)14-10(21-7-22-14)6-9(11)17-4-5-23-15(12)17/h4-6H,3,7H2,1-2H3. The minimum absolute atomic E-state index is 0.0660. The fourth-order valence-electron chi connectivity index (χ4n) is 2.92. The van der Waals surface area contributed by atoms with Gasteiger partial charge in [0.25, 0.3) is 0 Å². The first-order valence-electron chi connectivity index (χ1n) is 7.15. The van der Waals surface area contributed by atoms with Gasteiger partial charge in [-0.3, -0.25) is 4.79 Å². The lowest BCUT2D eigenvalue weighted by Gasteiger charge is -2.11. The number of pyridine rings is 1. The SMILES string of the molecule is CCOC(=O)c1c(=O)c2c(C)c3c(cc2n2ccsc12)OCO3. The zero-order chi connectivity index (χ0) is 16.1. The largest absolute Gasteiger partial charge is 0.462 e. The van der Waals surface area contributed by atoms with Crippen molar-refractivity contribution in [3.05, 3.63) is 39.0 Å². The molecular formula is C16H13NO5S. The molecule has 23 heavy (non-hydrogen) atoms. The van der Waals surface area contributed by atoms with Crippen LogP contribution in [-0.2, 0) is 4.74 Å². The minimum atomic E-state index is -0.601. The first-order valence-corrected chi connectivity index (χ1v) is 8.03. The predicted molar refractivity (Wildman–Crippen MR) is 85.9 cm³/mol. The number of hydrogen-bond donors (Lipinski definition) is 0. The van der Waals surface area contributed by atoms with Crippen molar-refractivity contribution in [2.24, 2.45) is 0 Å². The van der Waals surface area contributed by atoms with Crippen molar-refractivity contribution in [1.29, 1.82) is 0 Å². The van der Waals surface area contributed by atoms with E-state index in [2.05, 4.69) is 0 Å². The van der Waals surface area contributed by atoms with Crippen molar-refractivity contribution < 1.29 is 19.0 Å². The number of fused-ring (bicyclic) bond motifs is 4. The summed E-state index contributed by atoms with van der Waals surface area (Å²) in [5.74, 6) is 0.564. The van der Waals surface area contributed by atoms with Gasteiger partial charge in [0.15, 0.2) is 11.5 Å². The van der Waals surface area contributed by atoms with Crippen molar-refractivity contribution >= 4 is 33.0 Å². The van der Waals surface area contributed by atoms with Crippen LogP contribution in [0.4, 0.5) is 0 Å². The number of aromatic nitrogens is 1. The smallest absolute Gasteiger partial charge is 0.345 e. The Morgan fingerprint density at radius 2 is 2.26 bits per heavy atom. The molecule has 0 amide bonds. The number of carbonyl (C=O) groups is 1. The number of esters is 1. The molecule has 0 unspecified atom stereocenters. The van der Waals surface area contributed by atoms with Crippen LogP contribution in [0.1, 0.15) is 22.8 Å². The molecule has 4 rings (SSSR count). The van der Waals surface area contributed by atoms with E-state index in [1.165, 1.54) is 11.3 Å². The van der Waals surface area contributed by atoms with Gasteiger partial charge in [0.2, 0.25) is 12.2 Å². The number of carbonyl (C=O) groups excluding carboxylic acids is 1. The Morgan fingerprint density at radius 1 is 1.43 bits per heavy atom. The van der Waals surface area contributed by atoms with E-state index in [9.17, 15) is 9.59 Å². The number of ether oxygens (including phenoxy) is 3. The van der Waals surface area contributed by atoms with E-state index in [4.69, 9.17) is 14.2 Å². The Morgan fingerprint density at radius 3 is 3.04 bits per heavy atom. The molecular weight excluding hydrogens is 318 g/mol. The lowest BCUT2D eigenvalue weighted by molar-refractivity contribution is 0.0527. The number of benzene rings is 1. The van der Waals surface area contributed by atoms with Crippen LogP contribution in [-0.4, -0.2) is 23.8 Å². The summed E-state index contributed by atoms with van der Waals surface area (Å²) in [5, 5.41) is 2.28. The number of thiazole rings is 1. The summed E-state index contributed by atoms with van der Waals surface area (Å²) in [7, 11) is 0. The van der Waals surface area contributed by atoms with Gasteiger partial charge in [-0.1, -0.05) is 0 Å². The van der Waals surface area contributed by atoms with Crippen LogP contribution in [0.2, 0.25) is 0 Å². The first kappa shape index (κ1) is 14.1. The summed E-state index contributed by atoms with van der Waals surface area (Å²) >= 11 is 1.33. The quantitative estimate of drug-likeness (QED) is 0.676. The molecule has 3 heterocycles. The molecule has 0 fully saturated rings. The van der Waals surface area contributed by atoms with Crippen LogP contribution in [0.15, 0.2) is 22.4 Å². The highest BCUT2D eigenvalue weighted by molar-refractivity contribution is 7.16. The second-order valence-corrected chi connectivity index (χ2v) is 6.03. The molecule has 1 aromatic carbocycles. The molecule has 0 aliphatic carbocycles. The van der Waals surface area contributed by atoms with Crippen LogP contribution in [0, 0.1) is 6.92 Å². The molecule has 7 heteroatoms. The maximum absolute atomic E-state index is 13.0. The van der Waals surface area contributed by atoms with Crippen LogP contribution in [0.5, 0.6) is 11.5 Å². The molecule has 0 atom stereocenters. The predicted octanol–water partition coefficient (Wildman–Crippen LogP) is 2.73. The third kappa shape index (κ3) is 1.86. The third-order valence-corrected chi connectivity index (χ3v) is 4.78. The van der Waals surface area contributed by atoms with Crippen molar-refractivity contribution in [1.82, 2.24) is 4.40 Å². The van der Waals surface area contributed by atoms with Gasteiger partial charge in [-0.15, -0.1) is 11.3 Å². The van der Waals surface area contributed by atoms with E-state index >= 15 is 0 Å². The van der Waals surface area contributed by atoms with E-state index in [0.717, 1.165) is 0 Å². The highest BCUT2D eigenvalue weighted by Crippen LogP contribution is 2.40. The summed E-state index contributed by atoms with van der Waals surface area (Å²) in [6.45, 7) is 3.85. The van der Waals surface area contributed by atoms with Crippen molar-refractivity contribution in [2.45, 2.75) is 13.8 Å². The maximum Gasteiger partial charge on any atom is 0.345 e. The van der Waals surface area contributed by atoms with Crippen LogP contribution < -0.4 is 14.9 Å². The number of rotatable bonds is 2. The maximum atomic E-state index is 13.0. The van der Waals surface area contributed by atoms with Crippen LogP contribution in [0.3, 0.4) is 0 Å². The molecule has 118 valence electrons. The van der Waals surface area contributed by atoms with Gasteiger partial charge in [-0.2, -0.15) is 0 Å². The van der Waals surface area contributed by atoms with Gasteiger partial charge in [-0.05, 0) is 13.8 Å². The van der Waals surface area contributed by atoms with Gasteiger partial charge in [-0.25, -0.2) is 4.79 Å². The number of aryl methyl sites for hydroxylation is 1. The molecule has 3 aromatic rings. The Bertz CT molecular complexity index is 1020. The Balaban J connectivity index is 2.19. The van der Waals surface area contributed by atoms with Crippen molar-refractivity contribution in [3.63, 3.8) is 0 Å². The topological polar surface area (TPSA) is 66.2 Å². The highest BCUT2D eigenvalue weighted by Gasteiger charge is 2.26. The molecule has 1 aliphatic heterocycles. The summed E-state index contributed by atoms with van der Waals surface area (Å²) in [6.07, 6.45) is 1.83. The third-order valence-electron chi connectivity index (χ3n) is 3.90. The molecule has 1 aliphatic rings. The van der Waals surface area contributed by atoms with E-state index in [0.29, 0.717) is 32.8 Å². The number of nitrogens with zero attached hydrogens (tertiary/aromatic N) is 1. The van der Waals surface area contributed by atoms with E-state index in [1.54, 1.807) is 19.9 Å². The lowest BCUT2D eigenvalue weighted by Crippen LogP contribution is -2.20. The molecule has 6 nitrogen and oxygen atoms in total. The second-order valence-electron chi connectivity index (χ2n) is 5.13. The lowest BCUT2D eigenvalue weighted by atomic mass is 10.0. The Hall–Kier alpha value is -2.54. The van der Waals surface area contributed by atoms with E-state index in [1.807, 2.05) is 16.0 Å². The van der Waals surface area contributed by atoms with Crippen LogP contribution in [0.25, 0.3) is 15.7 Å². The fraction of sp³-hybridized carbons (Fsp3) is 0.250. The highest BCUT2D eigenvalue weighted by atomic mass is 32.1. The molecule has 0 saturated heterocycles. The molecule has 0 saturated carbocycles. The van der Waals surface area contributed by atoms with E-state index < -0.39 is 5.97 Å². The Kier molecular flexibility index (Phi) is 3.05. The van der Waals surface area contributed by atoms with Crippen molar-refractivity contribution in [3.8, 4) is 11.5 Å². The summed E-state index contributed by atoms with van der Waals surface area (Å²) in [4.78, 5) is 25.8. The summed E-state index contributed by atoms with van der Waals surface area (Å²) < 4.78 is 17.8. The minimum Gasteiger partial charge on any atom is -0.462 e. The van der Waals surface area contributed by atoms with Gasteiger partial charge in [0.1, 0.15) is 10.4 Å². The first-order chi connectivity index (χ1) is 11.1. The molecule has 0 bridgehead atoms. The average Bonchev–Trinajstić information content (AvgIpc) is 3.16. The molecule has 0 spiro atoms. The second kappa shape index (κ2) is 4.99. The number of hydrogen-bond acceptors (Lipinski definition) is 6. The van der Waals surface area contributed by atoms with E-state index in [-0.39, 0.29) is 24.4 Å². The van der Waals surface area contributed by atoms with Gasteiger partial charge >= 0.3 is 5.97 Å². The van der Waals surface area contributed by atoms with Crippen LogP contribution >= 0.6 is 11.3 Å². The molecule has 2 aromatic heterocycles. The zero-order valence-corrected chi connectivity index (χ0v) is 13.4. The monoisotopic (exact) mass is 331 g/mol. The summed E-state index contributed by atoms with van der Waals surface area (Å²) in [5.41, 5.74) is 1.10. The normalized spacial score (nSPS) is 13.0. The average molecular weight is 331 g/mol. The Labute approximate surface area is 134 Å². The van der Waals surface area contributed by atoms with Crippen molar-refractivity contribution in [2.75, 3.05) is 13.4 Å². The summed E-state index contributed by atoms with van der Waals surface area (Å²) in [6, 6.07) is 1.78. The van der Waals surface area contributed by atoms with Gasteiger partial charge in [0.05, 0.1) is 17.5 Å². The van der Waals surface area contributed by atoms with Gasteiger partial charge in [0, 0.05) is 23.2 Å². The molecule has 0 radical (unpaired) electrons. The zero-order valence-electron chi connectivity index (χ0n) is 12.5. The molecule has 0 N–H and O–H groups in total. The fourth-order valence-corrected chi connectivity index (χ4v) is 3.80.